The van der Waals surface area contributed by atoms with Crippen molar-refractivity contribution in [3.8, 4) is 0 Å². The summed E-state index contributed by atoms with van der Waals surface area (Å²) in [6.45, 7) is 4.60. The SMILES string of the molecule is Cc1ccc(C2=NC(CCNC(=O)c3cc(C)ccc3I)C=C2)nc1. The number of benzene rings is 1. The minimum absolute atomic E-state index is 0.0283. The molecule has 25 heavy (non-hydrogen) atoms. The lowest BCUT2D eigenvalue weighted by Crippen LogP contribution is -2.27. The molecule has 1 unspecified atom stereocenters. The average molecular weight is 445 g/mol. The zero-order valence-electron chi connectivity index (χ0n) is 14.3. The predicted molar refractivity (Wildman–Crippen MR) is 109 cm³/mol. The summed E-state index contributed by atoms with van der Waals surface area (Å²) in [6.07, 6.45) is 6.70. The Balaban J connectivity index is 1.54. The third-order valence-corrected chi connectivity index (χ3v) is 4.99. The molecular formula is C20H20IN3O. The van der Waals surface area contributed by atoms with E-state index in [1.54, 1.807) is 0 Å². The number of rotatable bonds is 5. The molecule has 1 aromatic carbocycles. The maximum absolute atomic E-state index is 12.3. The number of allylic oxidation sites excluding steroid dienone is 1. The van der Waals surface area contributed by atoms with Gasteiger partial charge in [0, 0.05) is 16.3 Å². The molecule has 1 amide bonds. The molecule has 1 aliphatic rings. The highest BCUT2D eigenvalue weighted by atomic mass is 127. The first-order chi connectivity index (χ1) is 12.0. The molecule has 1 aromatic heterocycles. The van der Waals surface area contributed by atoms with Crippen LogP contribution in [0.3, 0.4) is 0 Å². The van der Waals surface area contributed by atoms with Crippen molar-refractivity contribution in [1.29, 1.82) is 0 Å². The van der Waals surface area contributed by atoms with E-state index >= 15 is 0 Å². The third kappa shape index (κ3) is 4.54. The van der Waals surface area contributed by atoms with Crippen LogP contribution < -0.4 is 5.32 Å². The van der Waals surface area contributed by atoms with Gasteiger partial charge in [-0.2, -0.15) is 0 Å². The standard InChI is InChI=1S/C20H20IN3O/c1-13-3-6-17(21)16(11-13)20(25)22-10-9-15-5-8-19(24-15)18-7-4-14(2)12-23-18/h3-8,11-12,15H,9-10H2,1-2H3,(H,22,25). The molecular weight excluding hydrogens is 425 g/mol. The Morgan fingerprint density at radius 1 is 1.20 bits per heavy atom. The minimum Gasteiger partial charge on any atom is -0.352 e. The van der Waals surface area contributed by atoms with Gasteiger partial charge in [0.1, 0.15) is 0 Å². The summed E-state index contributed by atoms with van der Waals surface area (Å²) in [5.74, 6) is -0.0283. The highest BCUT2D eigenvalue weighted by Crippen LogP contribution is 2.15. The van der Waals surface area contributed by atoms with E-state index < -0.39 is 0 Å². The Hall–Kier alpha value is -2.02. The normalized spacial score (nSPS) is 16.0. The molecule has 0 spiro atoms. The second kappa shape index (κ2) is 7.91. The molecule has 4 nitrogen and oxygen atoms in total. The van der Waals surface area contributed by atoms with Crippen molar-refractivity contribution >= 4 is 34.2 Å². The van der Waals surface area contributed by atoms with Crippen LogP contribution in [0, 0.1) is 17.4 Å². The summed E-state index contributed by atoms with van der Waals surface area (Å²) in [6, 6.07) is 10.0. The Morgan fingerprint density at radius 2 is 2.00 bits per heavy atom. The molecule has 2 aromatic rings. The molecule has 3 rings (SSSR count). The van der Waals surface area contributed by atoms with Gasteiger partial charge in [-0.3, -0.25) is 14.8 Å². The number of aliphatic imine (C=N–C) groups is 1. The van der Waals surface area contributed by atoms with Crippen LogP contribution in [0.4, 0.5) is 0 Å². The Labute approximate surface area is 161 Å². The van der Waals surface area contributed by atoms with Crippen molar-refractivity contribution in [3.05, 3.63) is 74.6 Å². The van der Waals surface area contributed by atoms with Crippen molar-refractivity contribution in [2.24, 2.45) is 4.99 Å². The summed E-state index contributed by atoms with van der Waals surface area (Å²) in [4.78, 5) is 21.4. The van der Waals surface area contributed by atoms with Gasteiger partial charge in [-0.15, -0.1) is 0 Å². The molecule has 1 N–H and O–H groups in total. The number of amides is 1. The highest BCUT2D eigenvalue weighted by molar-refractivity contribution is 14.1. The number of aryl methyl sites for hydroxylation is 2. The Kier molecular flexibility index (Phi) is 5.63. The summed E-state index contributed by atoms with van der Waals surface area (Å²) in [5, 5.41) is 2.99. The molecule has 2 heterocycles. The van der Waals surface area contributed by atoms with E-state index in [1.807, 2.05) is 56.5 Å². The van der Waals surface area contributed by atoms with Crippen LogP contribution in [0.25, 0.3) is 0 Å². The number of carbonyl (C=O) groups excluding carboxylic acids is 1. The summed E-state index contributed by atoms with van der Waals surface area (Å²) >= 11 is 2.19. The van der Waals surface area contributed by atoms with Gasteiger partial charge in [-0.25, -0.2) is 0 Å². The lowest BCUT2D eigenvalue weighted by molar-refractivity contribution is 0.0952. The molecule has 5 heteroatoms. The highest BCUT2D eigenvalue weighted by Gasteiger charge is 2.14. The zero-order chi connectivity index (χ0) is 17.8. The van der Waals surface area contributed by atoms with Crippen LogP contribution in [0.15, 0.2) is 53.7 Å². The Bertz CT molecular complexity index is 841. The Morgan fingerprint density at radius 3 is 2.76 bits per heavy atom. The lowest BCUT2D eigenvalue weighted by Gasteiger charge is -2.09. The maximum atomic E-state index is 12.3. The molecule has 1 aliphatic heterocycles. The monoisotopic (exact) mass is 445 g/mol. The number of nitrogens with one attached hydrogen (secondary N) is 1. The topological polar surface area (TPSA) is 54.4 Å². The van der Waals surface area contributed by atoms with E-state index in [2.05, 4.69) is 44.0 Å². The second-order valence-electron chi connectivity index (χ2n) is 6.19. The van der Waals surface area contributed by atoms with Gasteiger partial charge in [-0.1, -0.05) is 23.8 Å². The first-order valence-electron chi connectivity index (χ1n) is 8.26. The third-order valence-electron chi connectivity index (χ3n) is 4.05. The van der Waals surface area contributed by atoms with Crippen LogP contribution in [0.5, 0.6) is 0 Å². The molecule has 0 radical (unpaired) electrons. The van der Waals surface area contributed by atoms with Crippen LogP contribution in [-0.4, -0.2) is 29.2 Å². The van der Waals surface area contributed by atoms with Crippen LogP contribution in [0.2, 0.25) is 0 Å². The number of hydrogen-bond donors (Lipinski definition) is 1. The van der Waals surface area contributed by atoms with Crippen molar-refractivity contribution in [1.82, 2.24) is 10.3 Å². The largest absolute Gasteiger partial charge is 0.352 e. The molecule has 0 bridgehead atoms. The molecule has 1 atom stereocenters. The van der Waals surface area contributed by atoms with Gasteiger partial charge in [0.15, 0.2) is 0 Å². The van der Waals surface area contributed by atoms with Gasteiger partial charge in [-0.05, 0) is 72.7 Å². The number of halogens is 1. The molecule has 0 aliphatic carbocycles. The number of hydrogen-bond acceptors (Lipinski definition) is 3. The average Bonchev–Trinajstić information content (AvgIpc) is 3.06. The van der Waals surface area contributed by atoms with Gasteiger partial charge in [0.2, 0.25) is 0 Å². The molecule has 128 valence electrons. The van der Waals surface area contributed by atoms with Crippen molar-refractivity contribution < 1.29 is 4.79 Å². The van der Waals surface area contributed by atoms with E-state index in [-0.39, 0.29) is 11.9 Å². The quantitative estimate of drug-likeness (QED) is 0.711. The van der Waals surface area contributed by atoms with Crippen LogP contribution in [0.1, 0.15) is 33.6 Å². The summed E-state index contributed by atoms with van der Waals surface area (Å²) < 4.78 is 0.965. The van der Waals surface area contributed by atoms with E-state index in [1.165, 1.54) is 0 Å². The molecule has 0 fully saturated rings. The van der Waals surface area contributed by atoms with E-state index in [0.717, 1.165) is 38.1 Å². The smallest absolute Gasteiger partial charge is 0.252 e. The first-order valence-corrected chi connectivity index (χ1v) is 9.34. The van der Waals surface area contributed by atoms with Crippen molar-refractivity contribution in [3.63, 3.8) is 0 Å². The van der Waals surface area contributed by atoms with Gasteiger partial charge < -0.3 is 5.32 Å². The van der Waals surface area contributed by atoms with Crippen molar-refractivity contribution in [2.45, 2.75) is 26.3 Å². The fourth-order valence-corrected chi connectivity index (χ4v) is 3.22. The number of carbonyl (C=O) groups is 1. The van der Waals surface area contributed by atoms with Crippen LogP contribution in [-0.2, 0) is 0 Å². The minimum atomic E-state index is -0.0283. The van der Waals surface area contributed by atoms with Gasteiger partial charge >= 0.3 is 0 Å². The van der Waals surface area contributed by atoms with Gasteiger partial charge in [0.05, 0.1) is 23.0 Å². The van der Waals surface area contributed by atoms with Gasteiger partial charge in [0.25, 0.3) is 5.91 Å². The zero-order valence-corrected chi connectivity index (χ0v) is 16.4. The molecule has 0 saturated carbocycles. The fraction of sp³-hybridized carbons (Fsp3) is 0.250. The maximum Gasteiger partial charge on any atom is 0.252 e. The first kappa shape index (κ1) is 17.8. The fourth-order valence-electron chi connectivity index (χ4n) is 2.64. The summed E-state index contributed by atoms with van der Waals surface area (Å²) in [5.41, 5.74) is 4.75. The predicted octanol–water partition coefficient (Wildman–Crippen LogP) is 3.85. The number of pyridine rings is 1. The van der Waals surface area contributed by atoms with Crippen molar-refractivity contribution in [2.75, 3.05) is 6.54 Å². The summed E-state index contributed by atoms with van der Waals surface area (Å²) in [7, 11) is 0. The lowest BCUT2D eigenvalue weighted by atomic mass is 10.1. The van der Waals surface area contributed by atoms with E-state index in [0.29, 0.717) is 6.54 Å². The van der Waals surface area contributed by atoms with Crippen LogP contribution >= 0.6 is 22.6 Å². The number of nitrogens with zero attached hydrogens (tertiary/aromatic N) is 2. The number of aromatic nitrogens is 1. The van der Waals surface area contributed by atoms with E-state index in [9.17, 15) is 4.79 Å². The molecule has 0 saturated heterocycles. The second-order valence-corrected chi connectivity index (χ2v) is 7.35. The van der Waals surface area contributed by atoms with E-state index in [4.69, 9.17) is 0 Å².